The van der Waals surface area contributed by atoms with Crippen LogP contribution in [0.4, 0.5) is 17.1 Å². The summed E-state index contributed by atoms with van der Waals surface area (Å²) in [4.78, 5) is 36.8. The number of benzene rings is 2. The molecule has 0 saturated heterocycles. The molecule has 1 aliphatic carbocycles. The summed E-state index contributed by atoms with van der Waals surface area (Å²) in [5, 5.41) is 13.9. The molecule has 166 valence electrons. The van der Waals surface area contributed by atoms with Gasteiger partial charge in [-0.25, -0.2) is 0 Å². The first-order chi connectivity index (χ1) is 15.4. The van der Waals surface area contributed by atoms with Crippen molar-refractivity contribution < 1.29 is 28.7 Å². The smallest absolute Gasteiger partial charge is 0.271 e. The predicted octanol–water partition coefficient (Wildman–Crippen LogP) is 3.39. The topological polar surface area (TPSA) is 120 Å². The van der Waals surface area contributed by atoms with Gasteiger partial charge in [0, 0.05) is 36.7 Å². The molecule has 0 aromatic heterocycles. The first-order valence-corrected chi connectivity index (χ1v) is 10.5. The highest BCUT2D eigenvalue weighted by atomic mass is 16.7. The summed E-state index contributed by atoms with van der Waals surface area (Å²) in [5.41, 5.74) is 0.501. The molecule has 10 nitrogen and oxygen atoms in total. The molecule has 2 amide bonds. The third-order valence-electron chi connectivity index (χ3n) is 5.83. The lowest BCUT2D eigenvalue weighted by Gasteiger charge is -2.31. The van der Waals surface area contributed by atoms with E-state index >= 15 is 0 Å². The molecule has 2 heterocycles. The van der Waals surface area contributed by atoms with Crippen molar-refractivity contribution in [2.24, 2.45) is 0 Å². The van der Waals surface area contributed by atoms with Crippen LogP contribution in [0.1, 0.15) is 32.1 Å². The second kappa shape index (κ2) is 7.70. The van der Waals surface area contributed by atoms with E-state index in [4.69, 9.17) is 14.2 Å². The maximum Gasteiger partial charge on any atom is 0.271 e. The fourth-order valence-electron chi connectivity index (χ4n) is 4.29. The summed E-state index contributed by atoms with van der Waals surface area (Å²) >= 11 is 0. The van der Waals surface area contributed by atoms with Crippen LogP contribution in [-0.4, -0.2) is 35.7 Å². The first kappa shape index (κ1) is 20.1. The van der Waals surface area contributed by atoms with E-state index in [1.54, 1.807) is 18.2 Å². The minimum atomic E-state index is -0.609. The summed E-state index contributed by atoms with van der Waals surface area (Å²) in [6, 6.07) is 9.11. The van der Waals surface area contributed by atoms with Gasteiger partial charge >= 0.3 is 0 Å². The molecule has 10 heteroatoms. The van der Waals surface area contributed by atoms with E-state index in [1.807, 2.05) is 0 Å². The average Bonchev–Trinajstić information content (AvgIpc) is 3.12. The summed E-state index contributed by atoms with van der Waals surface area (Å²) in [5.74, 6) is 0.00972. The molecule has 3 aliphatic rings. The molecule has 1 fully saturated rings. The SMILES string of the molecule is O=C(CN1C(=O)COc2ccc([N+](=O)[O-])cc21)Nc1ccc2c(c1)OC1(CCCCC1)O2. The van der Waals surface area contributed by atoms with Crippen LogP contribution in [0.25, 0.3) is 0 Å². The number of rotatable bonds is 4. The highest BCUT2D eigenvalue weighted by Crippen LogP contribution is 2.46. The fraction of sp³-hybridized carbons (Fsp3) is 0.364. The summed E-state index contributed by atoms with van der Waals surface area (Å²) in [7, 11) is 0. The molecule has 1 spiro atoms. The maximum atomic E-state index is 12.7. The Kier molecular flexibility index (Phi) is 4.84. The van der Waals surface area contributed by atoms with Gasteiger partial charge in [-0.1, -0.05) is 6.42 Å². The highest BCUT2D eigenvalue weighted by Gasteiger charge is 2.42. The molecule has 2 aromatic carbocycles. The number of nitrogens with one attached hydrogen (secondary N) is 1. The van der Waals surface area contributed by atoms with Crippen molar-refractivity contribution in [2.45, 2.75) is 37.9 Å². The van der Waals surface area contributed by atoms with Crippen molar-refractivity contribution in [3.63, 3.8) is 0 Å². The number of non-ortho nitro benzene ring substituents is 1. The van der Waals surface area contributed by atoms with E-state index < -0.39 is 22.5 Å². The lowest BCUT2D eigenvalue weighted by atomic mass is 9.94. The molecule has 0 radical (unpaired) electrons. The fourth-order valence-corrected chi connectivity index (χ4v) is 4.29. The van der Waals surface area contributed by atoms with Gasteiger partial charge in [-0.05, 0) is 31.0 Å². The van der Waals surface area contributed by atoms with Crippen molar-refractivity contribution >= 4 is 28.9 Å². The minimum absolute atomic E-state index is 0.190. The molecule has 5 rings (SSSR count). The van der Waals surface area contributed by atoms with Gasteiger partial charge in [0.15, 0.2) is 18.1 Å². The quantitative estimate of drug-likeness (QED) is 0.573. The van der Waals surface area contributed by atoms with E-state index in [9.17, 15) is 19.7 Å². The van der Waals surface area contributed by atoms with Crippen molar-refractivity contribution in [2.75, 3.05) is 23.4 Å². The van der Waals surface area contributed by atoms with Crippen molar-refractivity contribution in [3.05, 3.63) is 46.5 Å². The molecule has 32 heavy (non-hydrogen) atoms. The molecule has 0 unspecified atom stereocenters. The van der Waals surface area contributed by atoms with Crippen LogP contribution in [0.2, 0.25) is 0 Å². The van der Waals surface area contributed by atoms with E-state index in [2.05, 4.69) is 5.32 Å². The van der Waals surface area contributed by atoms with E-state index in [0.717, 1.165) is 25.7 Å². The standard InChI is InChI=1S/C22H21N3O7/c26-20(12-24-16-11-15(25(28)29)5-7-17(16)30-13-21(24)27)23-14-4-6-18-19(10-14)32-22(31-18)8-2-1-3-9-22/h4-7,10-11H,1-3,8-9,12-13H2,(H,23,26). The Hall–Kier alpha value is -3.82. The molecule has 1 N–H and O–H groups in total. The molecular formula is C22H21N3O7. The number of carbonyl (C=O) groups excluding carboxylic acids is 2. The number of hydrogen-bond acceptors (Lipinski definition) is 7. The van der Waals surface area contributed by atoms with E-state index in [0.29, 0.717) is 22.9 Å². The third kappa shape index (κ3) is 3.68. The Morgan fingerprint density at radius 1 is 1.06 bits per heavy atom. The van der Waals surface area contributed by atoms with Crippen LogP contribution in [0, 0.1) is 10.1 Å². The van der Waals surface area contributed by atoms with Gasteiger partial charge in [0.25, 0.3) is 17.4 Å². The number of nitro groups is 1. The van der Waals surface area contributed by atoms with Gasteiger partial charge in [0.05, 0.1) is 10.6 Å². The van der Waals surface area contributed by atoms with Crippen molar-refractivity contribution in [1.29, 1.82) is 0 Å². The van der Waals surface area contributed by atoms with Crippen molar-refractivity contribution in [3.8, 4) is 17.2 Å². The van der Waals surface area contributed by atoms with Crippen LogP contribution in [0.5, 0.6) is 17.2 Å². The summed E-state index contributed by atoms with van der Waals surface area (Å²) < 4.78 is 17.5. The molecular weight excluding hydrogens is 418 g/mol. The Morgan fingerprint density at radius 3 is 2.59 bits per heavy atom. The van der Waals surface area contributed by atoms with Gasteiger partial charge < -0.3 is 19.5 Å². The van der Waals surface area contributed by atoms with Crippen LogP contribution in [-0.2, 0) is 9.59 Å². The number of nitrogens with zero attached hydrogens (tertiary/aromatic N) is 2. The lowest BCUT2D eigenvalue weighted by molar-refractivity contribution is -0.384. The molecule has 1 saturated carbocycles. The van der Waals surface area contributed by atoms with E-state index in [-0.39, 0.29) is 24.5 Å². The third-order valence-corrected chi connectivity index (χ3v) is 5.83. The second-order valence-electron chi connectivity index (χ2n) is 8.06. The van der Waals surface area contributed by atoms with Crippen LogP contribution in [0.15, 0.2) is 36.4 Å². The second-order valence-corrected chi connectivity index (χ2v) is 8.06. The maximum absolute atomic E-state index is 12.7. The number of carbonyl (C=O) groups is 2. The highest BCUT2D eigenvalue weighted by molar-refractivity contribution is 6.05. The van der Waals surface area contributed by atoms with Gasteiger partial charge in [0.1, 0.15) is 12.3 Å². The Labute approximate surface area is 183 Å². The predicted molar refractivity (Wildman–Crippen MR) is 113 cm³/mol. The normalized spacial score (nSPS) is 18.1. The zero-order valence-corrected chi connectivity index (χ0v) is 17.2. The number of nitro benzene ring substituents is 1. The largest absolute Gasteiger partial charge is 0.482 e. The lowest BCUT2D eigenvalue weighted by Crippen LogP contribution is -2.43. The van der Waals surface area contributed by atoms with Crippen LogP contribution in [0.3, 0.4) is 0 Å². The van der Waals surface area contributed by atoms with Gasteiger partial charge in [-0.15, -0.1) is 0 Å². The molecule has 2 aromatic rings. The van der Waals surface area contributed by atoms with Crippen molar-refractivity contribution in [1.82, 2.24) is 0 Å². The minimum Gasteiger partial charge on any atom is -0.482 e. The summed E-state index contributed by atoms with van der Waals surface area (Å²) in [6.45, 7) is -0.557. The zero-order chi connectivity index (χ0) is 22.3. The monoisotopic (exact) mass is 439 g/mol. The number of anilines is 2. The number of amides is 2. The number of ether oxygens (including phenoxy) is 3. The first-order valence-electron chi connectivity index (χ1n) is 10.5. The molecule has 2 aliphatic heterocycles. The Bertz CT molecular complexity index is 1110. The van der Waals surface area contributed by atoms with Crippen LogP contribution >= 0.6 is 0 Å². The number of hydrogen-bond donors (Lipinski definition) is 1. The number of fused-ring (bicyclic) bond motifs is 2. The van der Waals surface area contributed by atoms with Gasteiger partial charge in [-0.3, -0.25) is 24.6 Å². The van der Waals surface area contributed by atoms with Gasteiger partial charge in [0.2, 0.25) is 5.91 Å². The van der Waals surface area contributed by atoms with Crippen LogP contribution < -0.4 is 24.4 Å². The van der Waals surface area contributed by atoms with E-state index in [1.165, 1.54) is 29.5 Å². The zero-order valence-electron chi connectivity index (χ0n) is 17.2. The van der Waals surface area contributed by atoms with Gasteiger partial charge in [-0.2, -0.15) is 0 Å². The molecule has 0 bridgehead atoms. The molecule has 0 atom stereocenters. The average molecular weight is 439 g/mol. The summed E-state index contributed by atoms with van der Waals surface area (Å²) in [6.07, 6.45) is 4.91. The Morgan fingerprint density at radius 2 is 1.81 bits per heavy atom. The Balaban J connectivity index is 1.30.